The van der Waals surface area contributed by atoms with E-state index in [1.54, 1.807) is 4.90 Å². The second-order valence-corrected chi connectivity index (χ2v) is 8.41. The number of likely N-dealkylation sites (tertiary alicyclic amines) is 1. The number of fused-ring (bicyclic) bond motifs is 3. The van der Waals surface area contributed by atoms with Crippen LogP contribution in [0.15, 0.2) is 36.4 Å². The SMILES string of the molecule is CN1CCCN(C(=O)CCN2C(=O)[C@H]3CC=CC[C@@H]3C2=O)c2nc3ccccc3nc21. The second-order valence-electron chi connectivity index (χ2n) is 8.41. The van der Waals surface area contributed by atoms with Crippen LogP contribution in [0.25, 0.3) is 11.0 Å². The van der Waals surface area contributed by atoms with E-state index in [2.05, 4.69) is 0 Å². The van der Waals surface area contributed by atoms with Gasteiger partial charge in [-0.2, -0.15) is 0 Å². The van der Waals surface area contributed by atoms with Gasteiger partial charge in [-0.1, -0.05) is 24.3 Å². The van der Waals surface area contributed by atoms with E-state index < -0.39 is 0 Å². The maximum absolute atomic E-state index is 13.2. The molecule has 0 N–H and O–H groups in total. The first-order valence-corrected chi connectivity index (χ1v) is 10.8. The highest BCUT2D eigenvalue weighted by Crippen LogP contribution is 2.35. The summed E-state index contributed by atoms with van der Waals surface area (Å²) < 4.78 is 0. The smallest absolute Gasteiger partial charge is 0.233 e. The Kier molecular flexibility index (Phi) is 4.92. The number of rotatable bonds is 3. The third kappa shape index (κ3) is 3.36. The van der Waals surface area contributed by atoms with Crippen LogP contribution in [0.1, 0.15) is 25.7 Å². The summed E-state index contributed by atoms with van der Waals surface area (Å²) in [6.45, 7) is 1.41. The first-order chi connectivity index (χ1) is 15.0. The van der Waals surface area contributed by atoms with Gasteiger partial charge in [-0.05, 0) is 31.4 Å². The molecule has 8 nitrogen and oxygen atoms in total. The summed E-state index contributed by atoms with van der Waals surface area (Å²) in [6, 6.07) is 7.61. The minimum Gasteiger partial charge on any atom is -0.357 e. The van der Waals surface area contributed by atoms with E-state index in [0.29, 0.717) is 31.0 Å². The zero-order valence-corrected chi connectivity index (χ0v) is 17.5. The van der Waals surface area contributed by atoms with Gasteiger partial charge in [0.25, 0.3) is 0 Å². The molecule has 5 rings (SSSR count). The van der Waals surface area contributed by atoms with Gasteiger partial charge in [0.15, 0.2) is 11.6 Å². The predicted molar refractivity (Wildman–Crippen MR) is 116 cm³/mol. The first-order valence-electron chi connectivity index (χ1n) is 10.8. The zero-order chi connectivity index (χ0) is 21.5. The van der Waals surface area contributed by atoms with E-state index in [4.69, 9.17) is 9.97 Å². The van der Waals surface area contributed by atoms with Gasteiger partial charge < -0.3 is 4.90 Å². The molecule has 160 valence electrons. The van der Waals surface area contributed by atoms with Crippen molar-refractivity contribution in [3.05, 3.63) is 36.4 Å². The Morgan fingerprint density at radius 1 is 0.968 bits per heavy atom. The summed E-state index contributed by atoms with van der Waals surface area (Å²) in [5, 5.41) is 0. The zero-order valence-electron chi connectivity index (χ0n) is 17.5. The Morgan fingerprint density at radius 3 is 2.23 bits per heavy atom. The highest BCUT2D eigenvalue weighted by molar-refractivity contribution is 6.06. The van der Waals surface area contributed by atoms with E-state index >= 15 is 0 Å². The van der Waals surface area contributed by atoms with Crippen molar-refractivity contribution in [3.63, 3.8) is 0 Å². The van der Waals surface area contributed by atoms with Crippen molar-refractivity contribution in [1.82, 2.24) is 14.9 Å². The van der Waals surface area contributed by atoms with Crippen molar-refractivity contribution >= 4 is 40.4 Å². The monoisotopic (exact) mass is 419 g/mol. The van der Waals surface area contributed by atoms with Crippen LogP contribution >= 0.6 is 0 Å². The van der Waals surface area contributed by atoms with E-state index in [-0.39, 0.29) is 42.5 Å². The lowest BCUT2D eigenvalue weighted by Crippen LogP contribution is -2.38. The number of allylic oxidation sites excluding steroid dienone is 2. The Morgan fingerprint density at radius 2 is 1.58 bits per heavy atom. The molecule has 0 unspecified atom stereocenters. The highest BCUT2D eigenvalue weighted by Gasteiger charge is 2.47. The average molecular weight is 419 g/mol. The maximum atomic E-state index is 13.2. The Bertz CT molecular complexity index is 1070. The fraction of sp³-hybridized carbons (Fsp3) is 0.435. The van der Waals surface area contributed by atoms with Crippen LogP contribution in [-0.2, 0) is 14.4 Å². The van der Waals surface area contributed by atoms with Gasteiger partial charge in [0.2, 0.25) is 17.7 Å². The summed E-state index contributed by atoms with van der Waals surface area (Å²) in [5.41, 5.74) is 1.52. The van der Waals surface area contributed by atoms with Crippen molar-refractivity contribution in [1.29, 1.82) is 0 Å². The number of carbonyl (C=O) groups excluding carboxylic acids is 3. The molecule has 0 saturated carbocycles. The molecule has 2 aliphatic heterocycles. The number of nitrogens with zero attached hydrogens (tertiary/aromatic N) is 5. The summed E-state index contributed by atoms with van der Waals surface area (Å²) in [5.74, 6) is 0.253. The molecular formula is C23H25N5O3. The number of hydrogen-bond donors (Lipinski definition) is 0. The molecule has 3 heterocycles. The van der Waals surface area contributed by atoms with Crippen LogP contribution in [-0.4, -0.2) is 59.3 Å². The maximum Gasteiger partial charge on any atom is 0.233 e. The normalized spacial score (nSPS) is 23.2. The number of para-hydroxylation sites is 2. The standard InChI is InChI=1S/C23H25N5O3/c1-26-12-6-13-27(21-20(26)24-17-9-4-5-10-18(17)25-21)19(29)11-14-28-22(30)15-7-2-3-8-16(15)23(28)31/h2-5,9-10,15-16H,6-8,11-14H2,1H3/t15-,16-/m0/s1. The minimum absolute atomic E-state index is 0.0853. The summed E-state index contributed by atoms with van der Waals surface area (Å²) in [4.78, 5) is 53.1. The van der Waals surface area contributed by atoms with Crippen LogP contribution in [0.5, 0.6) is 0 Å². The number of aromatic nitrogens is 2. The molecule has 31 heavy (non-hydrogen) atoms. The van der Waals surface area contributed by atoms with Crippen LogP contribution < -0.4 is 9.80 Å². The topological polar surface area (TPSA) is 86.7 Å². The van der Waals surface area contributed by atoms with Crippen molar-refractivity contribution in [3.8, 4) is 0 Å². The van der Waals surface area contributed by atoms with Gasteiger partial charge >= 0.3 is 0 Å². The van der Waals surface area contributed by atoms with Gasteiger partial charge in [0.05, 0.1) is 22.9 Å². The quantitative estimate of drug-likeness (QED) is 0.560. The molecule has 1 aromatic heterocycles. The van der Waals surface area contributed by atoms with Crippen LogP contribution in [0.4, 0.5) is 11.6 Å². The largest absolute Gasteiger partial charge is 0.357 e. The number of amides is 3. The molecule has 2 aromatic rings. The molecule has 1 fully saturated rings. The lowest BCUT2D eigenvalue weighted by Gasteiger charge is -2.23. The van der Waals surface area contributed by atoms with Crippen molar-refractivity contribution in [2.45, 2.75) is 25.7 Å². The lowest BCUT2D eigenvalue weighted by atomic mass is 9.85. The van der Waals surface area contributed by atoms with E-state index in [0.717, 1.165) is 24.0 Å². The average Bonchev–Trinajstić information content (AvgIpc) is 2.92. The number of anilines is 2. The third-order valence-electron chi connectivity index (χ3n) is 6.48. The van der Waals surface area contributed by atoms with Crippen LogP contribution in [0.2, 0.25) is 0 Å². The number of imide groups is 1. The summed E-state index contributed by atoms with van der Waals surface area (Å²) >= 11 is 0. The molecule has 8 heteroatoms. The Balaban J connectivity index is 1.37. The van der Waals surface area contributed by atoms with Crippen LogP contribution in [0, 0.1) is 11.8 Å². The van der Waals surface area contributed by atoms with Gasteiger partial charge in [-0.3, -0.25) is 24.2 Å². The molecule has 0 bridgehead atoms. The fourth-order valence-electron chi connectivity index (χ4n) is 4.77. The van der Waals surface area contributed by atoms with Gasteiger partial charge in [-0.15, -0.1) is 0 Å². The highest BCUT2D eigenvalue weighted by atomic mass is 16.2. The molecule has 3 aliphatic rings. The van der Waals surface area contributed by atoms with E-state index in [1.165, 1.54) is 4.90 Å². The molecule has 0 radical (unpaired) electrons. The molecule has 1 aromatic carbocycles. The van der Waals surface area contributed by atoms with Gasteiger partial charge in [0, 0.05) is 33.1 Å². The molecule has 1 aliphatic carbocycles. The van der Waals surface area contributed by atoms with Crippen molar-refractivity contribution < 1.29 is 14.4 Å². The van der Waals surface area contributed by atoms with Crippen molar-refractivity contribution in [2.24, 2.45) is 11.8 Å². The molecule has 2 atom stereocenters. The fourth-order valence-corrected chi connectivity index (χ4v) is 4.77. The van der Waals surface area contributed by atoms with E-state index in [9.17, 15) is 14.4 Å². The molecular weight excluding hydrogens is 394 g/mol. The number of hydrogen-bond acceptors (Lipinski definition) is 6. The summed E-state index contributed by atoms with van der Waals surface area (Å²) in [7, 11) is 1.95. The van der Waals surface area contributed by atoms with E-state index in [1.807, 2.05) is 48.4 Å². The lowest BCUT2D eigenvalue weighted by molar-refractivity contribution is -0.140. The first kappa shape index (κ1) is 19.7. The summed E-state index contributed by atoms with van der Waals surface area (Å²) in [6.07, 6.45) is 6.02. The van der Waals surface area contributed by atoms with Gasteiger partial charge in [-0.25, -0.2) is 9.97 Å². The Labute approximate surface area is 180 Å². The second kappa shape index (κ2) is 7.76. The molecule has 3 amide bonds. The van der Waals surface area contributed by atoms with Gasteiger partial charge in [0.1, 0.15) is 0 Å². The third-order valence-corrected chi connectivity index (χ3v) is 6.48. The number of carbonyl (C=O) groups is 3. The van der Waals surface area contributed by atoms with Crippen LogP contribution in [0.3, 0.4) is 0 Å². The Hall–Kier alpha value is -3.29. The predicted octanol–water partition coefficient (Wildman–Crippen LogP) is 2.14. The molecule has 1 saturated heterocycles. The minimum atomic E-state index is -0.266. The molecule has 0 spiro atoms. The van der Waals surface area contributed by atoms with Crippen molar-refractivity contribution in [2.75, 3.05) is 36.5 Å². The number of benzene rings is 1.